The van der Waals surface area contributed by atoms with Crippen LogP contribution in [0.2, 0.25) is 0 Å². The number of rotatable bonds is 6. The molecule has 2 saturated heterocycles. The molecule has 0 bridgehead atoms. The van der Waals surface area contributed by atoms with Crippen LogP contribution in [-0.2, 0) is 9.53 Å². The largest absolute Gasteiger partial charge is 0.456 e. The Bertz CT molecular complexity index is 1450. The van der Waals surface area contributed by atoms with Crippen molar-refractivity contribution in [3.63, 3.8) is 0 Å². The molecule has 0 saturated carbocycles. The lowest BCUT2D eigenvalue weighted by molar-refractivity contribution is -0.247. The molecule has 3 aromatic rings. The lowest BCUT2D eigenvalue weighted by atomic mass is 9.95. The lowest BCUT2D eigenvalue weighted by Crippen LogP contribution is -2.63. The third-order valence-electron chi connectivity index (χ3n) is 7.94. The minimum Gasteiger partial charge on any atom is -0.456 e. The van der Waals surface area contributed by atoms with Crippen molar-refractivity contribution in [3.05, 3.63) is 59.9 Å². The van der Waals surface area contributed by atoms with Crippen LogP contribution in [0.25, 0.3) is 27.7 Å². The van der Waals surface area contributed by atoms with Crippen molar-refractivity contribution in [3.8, 4) is 17.4 Å². The number of allylic oxidation sites excluding steroid dienone is 1. The van der Waals surface area contributed by atoms with Crippen molar-refractivity contribution in [2.45, 2.75) is 70.2 Å². The number of fused-ring (bicyclic) bond motifs is 1. The maximum absolute atomic E-state index is 13.0. The molecule has 2 fully saturated rings. The van der Waals surface area contributed by atoms with E-state index < -0.39 is 36.6 Å². The van der Waals surface area contributed by atoms with E-state index in [0.717, 1.165) is 29.4 Å². The molecule has 4 N–H and O–H groups in total. The van der Waals surface area contributed by atoms with Gasteiger partial charge in [-0.3, -0.25) is 4.79 Å². The van der Waals surface area contributed by atoms with Crippen molar-refractivity contribution >= 4 is 27.9 Å². The lowest BCUT2D eigenvalue weighted by Gasteiger charge is -2.40. The van der Waals surface area contributed by atoms with Crippen LogP contribution >= 0.6 is 0 Å². The van der Waals surface area contributed by atoms with Crippen LogP contribution in [0.4, 0.5) is 5.69 Å². The number of anilines is 1. The van der Waals surface area contributed by atoms with E-state index in [9.17, 15) is 25.4 Å². The summed E-state index contributed by atoms with van der Waals surface area (Å²) in [5.41, 5.74) is 2.16. The van der Waals surface area contributed by atoms with Crippen molar-refractivity contribution in [2.75, 3.05) is 18.0 Å². The van der Waals surface area contributed by atoms with Gasteiger partial charge in [0.2, 0.25) is 0 Å². The second-order valence-corrected chi connectivity index (χ2v) is 10.5. The molecule has 2 aliphatic heterocycles. The zero-order chi connectivity index (χ0) is 28.4. The summed E-state index contributed by atoms with van der Waals surface area (Å²) < 4.78 is 11.4. The molecule has 9 nitrogen and oxygen atoms in total. The summed E-state index contributed by atoms with van der Waals surface area (Å²) in [6.07, 6.45) is -0.942. The number of ether oxygens (including phenoxy) is 1. The maximum atomic E-state index is 13.0. The molecule has 2 aromatic carbocycles. The first-order chi connectivity index (χ1) is 19.3. The molecule has 2 aliphatic rings. The van der Waals surface area contributed by atoms with Gasteiger partial charge in [-0.2, -0.15) is 5.26 Å². The highest BCUT2D eigenvalue weighted by atomic mass is 16.6. The fourth-order valence-electron chi connectivity index (χ4n) is 5.52. The van der Waals surface area contributed by atoms with E-state index in [1.807, 2.05) is 12.1 Å². The quantitative estimate of drug-likeness (QED) is 0.272. The van der Waals surface area contributed by atoms with Gasteiger partial charge in [0.25, 0.3) is 5.91 Å². The molecular formula is C31H35N3O6. The summed E-state index contributed by atoms with van der Waals surface area (Å²) in [7, 11) is 0. The monoisotopic (exact) mass is 545 g/mol. The van der Waals surface area contributed by atoms with Crippen LogP contribution < -0.4 is 10.2 Å². The van der Waals surface area contributed by atoms with Gasteiger partial charge in [0.1, 0.15) is 41.4 Å². The Balaban J connectivity index is 1.34. The highest BCUT2D eigenvalue weighted by Crippen LogP contribution is 2.32. The summed E-state index contributed by atoms with van der Waals surface area (Å²) in [6.45, 7) is 5.51. The molecule has 0 radical (unpaired) electrons. The van der Waals surface area contributed by atoms with E-state index in [1.54, 1.807) is 26.0 Å². The number of piperidine rings is 1. The first-order valence-electron chi connectivity index (χ1n) is 13.8. The van der Waals surface area contributed by atoms with Gasteiger partial charge in [0.15, 0.2) is 6.29 Å². The smallest absolute Gasteiger partial charge is 0.262 e. The van der Waals surface area contributed by atoms with E-state index in [0.29, 0.717) is 23.5 Å². The Morgan fingerprint density at radius 1 is 1.02 bits per heavy atom. The van der Waals surface area contributed by atoms with Crippen LogP contribution in [-0.4, -0.2) is 65.0 Å². The molecule has 0 aliphatic carbocycles. The molecule has 1 amide bonds. The van der Waals surface area contributed by atoms with E-state index in [-0.39, 0.29) is 5.57 Å². The van der Waals surface area contributed by atoms with Gasteiger partial charge in [-0.15, -0.1) is 0 Å². The fraction of sp³-hybridized carbons (Fsp3) is 0.419. The number of nitriles is 1. The topological polar surface area (TPSA) is 139 Å². The number of amides is 1. The second kappa shape index (κ2) is 11.8. The van der Waals surface area contributed by atoms with Gasteiger partial charge in [0.05, 0.1) is 6.10 Å². The maximum Gasteiger partial charge on any atom is 0.262 e. The Morgan fingerprint density at radius 3 is 2.48 bits per heavy atom. The number of aliphatic hydroxyl groups is 3. The highest BCUT2D eigenvalue weighted by Gasteiger charge is 2.44. The fourth-order valence-corrected chi connectivity index (χ4v) is 5.52. The van der Waals surface area contributed by atoms with Crippen molar-refractivity contribution in [1.29, 1.82) is 5.26 Å². The number of aliphatic hydroxyl groups excluding tert-OH is 3. The van der Waals surface area contributed by atoms with E-state index in [4.69, 9.17) is 9.15 Å². The van der Waals surface area contributed by atoms with Crippen LogP contribution in [0, 0.1) is 11.3 Å². The van der Waals surface area contributed by atoms with E-state index in [1.165, 1.54) is 24.9 Å². The molecule has 3 heterocycles. The predicted molar refractivity (Wildman–Crippen MR) is 151 cm³/mol. The average Bonchev–Trinajstić information content (AvgIpc) is 3.48. The number of benzene rings is 2. The summed E-state index contributed by atoms with van der Waals surface area (Å²) >= 11 is 0. The third-order valence-corrected chi connectivity index (χ3v) is 7.94. The summed E-state index contributed by atoms with van der Waals surface area (Å²) in [5.74, 6) is 0.116. The standard InChI is InChI=1S/C31H35N3O6/c1-3-24-28(35)29(36)27(31(38)40-24)33-30(37)23(17-32)18(2)25-11-12-26(39-25)21-8-7-20-16-22(10-9-19(20)15-21)34-13-5-4-6-14-34/h7-12,15-16,24,27-29,31,35-36,38H,3-6,13-14H2,1-2H3,(H,33,37)/b23-18+/t24-,27-,28-,29-,31?/m1/s1. The zero-order valence-corrected chi connectivity index (χ0v) is 22.7. The van der Waals surface area contributed by atoms with E-state index >= 15 is 0 Å². The Hall–Kier alpha value is -3.68. The van der Waals surface area contributed by atoms with Crippen LogP contribution in [0.15, 0.2) is 58.5 Å². The Labute approximate surface area is 233 Å². The zero-order valence-electron chi connectivity index (χ0n) is 22.7. The minimum atomic E-state index is -1.54. The first kappa shape index (κ1) is 27.9. The first-order valence-corrected chi connectivity index (χ1v) is 13.8. The molecule has 1 aromatic heterocycles. The SMILES string of the molecule is CC[C@H]1OC(O)[C@H](NC(=O)/C(C#N)=C(\C)c2ccc(-c3ccc4cc(N5CCCCC5)ccc4c3)o2)[C@@H](O)[C@@H]1O. The summed E-state index contributed by atoms with van der Waals surface area (Å²) in [6, 6.07) is 16.7. The molecule has 5 rings (SSSR count). The van der Waals surface area contributed by atoms with Crippen LogP contribution in [0.5, 0.6) is 0 Å². The number of nitrogens with zero attached hydrogens (tertiary/aromatic N) is 2. The van der Waals surface area contributed by atoms with Crippen molar-refractivity contribution in [2.24, 2.45) is 0 Å². The summed E-state index contributed by atoms with van der Waals surface area (Å²) in [5, 5.41) is 45.4. The number of furan rings is 1. The average molecular weight is 546 g/mol. The second-order valence-electron chi connectivity index (χ2n) is 10.5. The molecule has 1 unspecified atom stereocenters. The van der Waals surface area contributed by atoms with E-state index in [2.05, 4.69) is 40.5 Å². The number of carbonyl (C=O) groups is 1. The molecule has 0 spiro atoms. The van der Waals surface area contributed by atoms with Crippen molar-refractivity contribution in [1.82, 2.24) is 5.32 Å². The Morgan fingerprint density at radius 2 is 1.75 bits per heavy atom. The number of carbonyl (C=O) groups excluding carboxylic acids is 1. The summed E-state index contributed by atoms with van der Waals surface area (Å²) in [4.78, 5) is 15.4. The van der Waals surface area contributed by atoms with Gasteiger partial charge < -0.3 is 34.7 Å². The third kappa shape index (κ3) is 5.49. The number of nitrogens with one attached hydrogen (secondary N) is 1. The molecular weight excluding hydrogens is 510 g/mol. The molecule has 40 heavy (non-hydrogen) atoms. The number of hydrogen-bond acceptors (Lipinski definition) is 8. The number of hydrogen-bond donors (Lipinski definition) is 4. The van der Waals surface area contributed by atoms with Gasteiger partial charge in [0, 0.05) is 29.9 Å². The predicted octanol–water partition coefficient (Wildman–Crippen LogP) is 3.72. The Kier molecular flexibility index (Phi) is 8.24. The highest BCUT2D eigenvalue weighted by molar-refractivity contribution is 6.04. The van der Waals surface area contributed by atoms with Gasteiger partial charge in [-0.05, 0) is 73.7 Å². The molecule has 210 valence electrons. The minimum absolute atomic E-state index is 0.240. The van der Waals surface area contributed by atoms with Crippen LogP contribution in [0.1, 0.15) is 45.3 Å². The van der Waals surface area contributed by atoms with Gasteiger partial charge >= 0.3 is 0 Å². The van der Waals surface area contributed by atoms with Crippen LogP contribution in [0.3, 0.4) is 0 Å². The van der Waals surface area contributed by atoms with Gasteiger partial charge in [-0.25, -0.2) is 0 Å². The van der Waals surface area contributed by atoms with Crippen molar-refractivity contribution < 1.29 is 29.3 Å². The normalized spacial score (nSPS) is 25.8. The van der Waals surface area contributed by atoms with Gasteiger partial charge in [-0.1, -0.05) is 25.1 Å². The molecule has 9 heteroatoms. The molecule has 5 atom stereocenters.